The minimum atomic E-state index is -2.82. The van der Waals surface area contributed by atoms with E-state index in [1.54, 1.807) is 0 Å². The predicted octanol–water partition coefficient (Wildman–Crippen LogP) is 9.73. The van der Waals surface area contributed by atoms with E-state index >= 15 is 0 Å². The van der Waals surface area contributed by atoms with Crippen LogP contribution in [-0.4, -0.2) is 92.4 Å². The van der Waals surface area contributed by atoms with Gasteiger partial charge in [0.25, 0.3) is 0 Å². The second-order valence-electron chi connectivity index (χ2n) is 22.1. The van der Waals surface area contributed by atoms with Crippen molar-refractivity contribution in [3.05, 3.63) is 89.5 Å². The van der Waals surface area contributed by atoms with E-state index in [-0.39, 0.29) is 57.5 Å². The number of hydrogen-bond acceptors (Lipinski definition) is 7. The highest BCUT2D eigenvalue weighted by Gasteiger charge is 2.53. The molecule has 3 aromatic rings. The lowest BCUT2D eigenvalue weighted by Gasteiger charge is -2.46. The molecule has 0 aromatic heterocycles. The highest BCUT2D eigenvalue weighted by atomic mass is 28.4. The highest BCUT2D eigenvalue weighted by Crippen LogP contribution is 2.51. The molecule has 3 aromatic carbocycles. The van der Waals surface area contributed by atoms with Crippen molar-refractivity contribution in [2.45, 2.75) is 193 Å². The molecular weight excluding hydrogens is 913 g/mol. The number of carbonyl (C=O) groups is 4. The normalized spacial score (nSPS) is 12.4. The van der Waals surface area contributed by atoms with Gasteiger partial charge in [0.1, 0.15) is 0 Å². The van der Waals surface area contributed by atoms with Gasteiger partial charge in [-0.2, -0.15) is 0 Å². The lowest BCUT2D eigenvalue weighted by molar-refractivity contribution is -0.137. The van der Waals surface area contributed by atoms with E-state index in [9.17, 15) is 33.6 Å². The van der Waals surface area contributed by atoms with Crippen molar-refractivity contribution >= 4 is 73.2 Å². The van der Waals surface area contributed by atoms with E-state index in [0.717, 1.165) is 38.1 Å². The number of hydrogen-bond donors (Lipinski definition) is 7. The van der Waals surface area contributed by atoms with Crippen molar-refractivity contribution in [2.24, 2.45) is 0 Å². The molecule has 0 fully saturated rings. The molecular formula is C52H88O11Si4. The Kier molecular flexibility index (Phi) is 25.4. The lowest BCUT2D eigenvalue weighted by Crippen LogP contribution is -2.53. The van der Waals surface area contributed by atoms with Crippen LogP contribution in [0.25, 0.3) is 0 Å². The molecule has 3 rings (SSSR count). The monoisotopic (exact) mass is 1000 g/mol. The van der Waals surface area contributed by atoms with Crippen molar-refractivity contribution in [3.63, 3.8) is 0 Å². The van der Waals surface area contributed by atoms with Gasteiger partial charge in [-0.05, 0) is 70.4 Å². The number of carboxylic acid groups (broad SMARTS) is 4. The zero-order valence-corrected chi connectivity index (χ0v) is 48.2. The van der Waals surface area contributed by atoms with Crippen molar-refractivity contribution in [3.8, 4) is 0 Å². The first kappa shape index (κ1) is 63.3. The fourth-order valence-electron chi connectivity index (χ4n) is 9.24. The fraction of sp³-hybridized carbons (Fsp3) is 0.577. The fourth-order valence-corrected chi connectivity index (χ4v) is 23.4. The third kappa shape index (κ3) is 19.0. The number of carboxylic acids is 4. The lowest BCUT2D eigenvalue weighted by atomic mass is 10.2. The summed E-state index contributed by atoms with van der Waals surface area (Å²) in [5.74, 6) is -3.32. The first-order chi connectivity index (χ1) is 30.4. The van der Waals surface area contributed by atoms with Crippen LogP contribution in [0.1, 0.15) is 141 Å². The van der Waals surface area contributed by atoms with E-state index in [1.807, 2.05) is 102 Å². The number of rotatable bonds is 17. The van der Waals surface area contributed by atoms with Crippen molar-refractivity contribution < 1.29 is 54.0 Å². The molecule has 0 saturated heterocycles. The van der Waals surface area contributed by atoms with Gasteiger partial charge in [-0.3, -0.25) is 19.2 Å². The second-order valence-corrected chi connectivity index (χ2v) is 40.6. The summed E-state index contributed by atoms with van der Waals surface area (Å²) in [4.78, 5) is 75.1. The summed E-state index contributed by atoms with van der Waals surface area (Å²) in [5, 5.41) is 37.8. The van der Waals surface area contributed by atoms with Crippen molar-refractivity contribution in [1.82, 2.24) is 0 Å². The maximum Gasteiger partial charge on any atom is 0.307 e. The maximum atomic E-state index is 10.9. The standard InChI is InChI=1S/2C14H22O3Si.C14H22O2Si.C10H22O3Si/c2*1-10(2)18(17,11(3)4)13-7-5-12(6-8-13)9-14(15)16;1-10(2)17(11(3)4)13-7-5-12(6-8-13)9-14(15)16;1-9(2,3)14(13,7-8(11)12)10(4,5)6/h2*5-8,10-11,17H,9H2,1-4H3,(H,15,16);5-8,10-11,17H,9H2,1-4H3,(H,15,16);13H,7H2,1-6H3,(H,11,12). The molecule has 0 unspecified atom stereocenters. The molecule has 0 aliphatic carbocycles. The molecule has 11 nitrogen and oxygen atoms in total. The van der Waals surface area contributed by atoms with Gasteiger partial charge in [-0.25, -0.2) is 0 Å². The van der Waals surface area contributed by atoms with E-state index < -0.39 is 57.6 Å². The molecule has 0 saturated carbocycles. The second kappa shape index (κ2) is 26.9. The number of aliphatic carboxylic acids is 4. The molecule has 7 N–H and O–H groups in total. The Labute approximate surface area is 408 Å². The quantitative estimate of drug-likeness (QED) is 0.0633. The van der Waals surface area contributed by atoms with Gasteiger partial charge in [-0.1, -0.05) is 203 Å². The summed E-state index contributed by atoms with van der Waals surface area (Å²) in [7, 11) is -8.74. The van der Waals surface area contributed by atoms with Crippen LogP contribution in [0.5, 0.6) is 0 Å². The first-order valence-electron chi connectivity index (χ1n) is 23.7. The molecule has 0 bridgehead atoms. The summed E-state index contributed by atoms with van der Waals surface area (Å²) < 4.78 is 0. The molecule has 0 amide bonds. The third-order valence-electron chi connectivity index (χ3n) is 13.1. The van der Waals surface area contributed by atoms with Crippen molar-refractivity contribution in [1.29, 1.82) is 0 Å². The molecule has 0 aliphatic rings. The summed E-state index contributed by atoms with van der Waals surface area (Å²) in [6.07, 6.45) is 0.184. The Balaban J connectivity index is 0.000000871. The zero-order valence-electron chi connectivity index (χ0n) is 44.1. The van der Waals surface area contributed by atoms with E-state index in [0.29, 0.717) is 0 Å². The molecule has 0 atom stereocenters. The molecule has 0 aliphatic heterocycles. The van der Waals surface area contributed by atoms with Gasteiger partial charge in [-0.15, -0.1) is 0 Å². The van der Waals surface area contributed by atoms with Crippen LogP contribution in [-0.2, 0) is 38.4 Å². The summed E-state index contributed by atoms with van der Waals surface area (Å²) in [5.41, 5.74) is 4.86. The average Bonchev–Trinajstić information content (AvgIpc) is 3.17. The maximum absolute atomic E-state index is 10.9. The molecule has 378 valence electrons. The molecule has 67 heavy (non-hydrogen) atoms. The van der Waals surface area contributed by atoms with Crippen molar-refractivity contribution in [2.75, 3.05) is 0 Å². The van der Waals surface area contributed by atoms with Crippen LogP contribution in [0.15, 0.2) is 72.8 Å². The first-order valence-corrected chi connectivity index (χ1v) is 32.0. The summed E-state index contributed by atoms with van der Waals surface area (Å²) in [6.45, 7) is 37.1. The number of benzene rings is 3. The summed E-state index contributed by atoms with van der Waals surface area (Å²) in [6, 6.07) is 22.9. The van der Waals surface area contributed by atoms with Gasteiger partial charge < -0.3 is 34.8 Å². The SMILES string of the molecule is CC(C)(C)[Si](O)(CC(=O)O)C(C)(C)C.CC(C)[SiH](c1ccc(CC(=O)O)cc1)C(C)C.CC(C)[Si](O)(c1ccc(CC(=O)O)cc1)C(C)C.CC(C)[Si](O)(c1ccc(CC(=O)O)cc1)C(C)C. The Bertz CT molecular complexity index is 1860. The van der Waals surface area contributed by atoms with Crippen LogP contribution in [0.4, 0.5) is 0 Å². The molecule has 0 radical (unpaired) electrons. The topological polar surface area (TPSA) is 210 Å². The summed E-state index contributed by atoms with van der Waals surface area (Å²) >= 11 is 0. The zero-order chi connectivity index (χ0) is 52.6. The van der Waals surface area contributed by atoms with Crippen LogP contribution in [0.2, 0.25) is 49.4 Å². The van der Waals surface area contributed by atoms with Gasteiger partial charge in [0.2, 0.25) is 25.0 Å². The van der Waals surface area contributed by atoms with Gasteiger partial charge in [0, 0.05) is 0 Å². The van der Waals surface area contributed by atoms with Crippen LogP contribution >= 0.6 is 0 Å². The molecule has 0 heterocycles. The smallest absolute Gasteiger partial charge is 0.307 e. The van der Waals surface area contributed by atoms with Gasteiger partial charge >= 0.3 is 23.9 Å². The van der Waals surface area contributed by atoms with Crippen LogP contribution in [0, 0.1) is 0 Å². The van der Waals surface area contributed by atoms with E-state index in [1.165, 1.54) is 5.19 Å². The average molecular weight is 1000 g/mol. The Hall–Kier alpha value is -3.71. The highest BCUT2D eigenvalue weighted by molar-refractivity contribution is 6.88. The van der Waals surface area contributed by atoms with Crippen LogP contribution < -0.4 is 15.6 Å². The minimum Gasteiger partial charge on any atom is -0.481 e. The minimum absolute atomic E-state index is 0.0314. The molecule has 0 spiro atoms. The van der Waals surface area contributed by atoms with Gasteiger partial charge in [0.05, 0.1) is 34.1 Å². The Morgan fingerprint density at radius 1 is 0.433 bits per heavy atom. The largest absolute Gasteiger partial charge is 0.481 e. The van der Waals surface area contributed by atoms with Gasteiger partial charge in [0.15, 0.2) is 0 Å². The predicted molar refractivity (Wildman–Crippen MR) is 286 cm³/mol. The van der Waals surface area contributed by atoms with E-state index in [4.69, 9.17) is 20.4 Å². The van der Waals surface area contributed by atoms with E-state index in [2.05, 4.69) is 95.2 Å². The third-order valence-corrected chi connectivity index (χ3v) is 32.5. The van der Waals surface area contributed by atoms with Crippen LogP contribution in [0.3, 0.4) is 0 Å². The molecule has 15 heteroatoms. The Morgan fingerprint density at radius 2 is 0.672 bits per heavy atom. The Morgan fingerprint density at radius 3 is 0.836 bits per heavy atom.